The third-order valence-corrected chi connectivity index (χ3v) is 5.57. The molecule has 4 rings (SSSR count). The molecule has 0 unspecified atom stereocenters. The van der Waals surface area contributed by atoms with Crippen LogP contribution in [0.15, 0.2) is 88.1 Å². The summed E-state index contributed by atoms with van der Waals surface area (Å²) in [5, 5.41) is 9.55. The van der Waals surface area contributed by atoms with Gasteiger partial charge >= 0.3 is 29.6 Å². The van der Waals surface area contributed by atoms with Gasteiger partial charge in [-0.25, -0.2) is 0 Å². The monoisotopic (exact) mass is 462 g/mol. The molecule has 3 N–H and O–H groups in total. The minimum absolute atomic E-state index is 0. The number of nitrogens with two attached hydrogens (primary N) is 1. The van der Waals surface area contributed by atoms with E-state index < -0.39 is 10.1 Å². The standard InChI is InChI=1S/C21H15ClN4O3S.Na.H/c22-14-5-3-4-13(10-14)18-9-8-15(12-24-18)25-26-19-11-20(30(27,28)29)16-6-1-2-7-17(16)21(19)23;;/h1-12H,23H2,(H,27,28,29);;/b26-25+;;. The minimum atomic E-state index is -4.47. The molecular formula is C21H16ClN4NaO3S. The zero-order valence-electron chi connectivity index (χ0n) is 15.4. The molecule has 3 aromatic carbocycles. The molecule has 152 valence electrons. The topological polar surface area (TPSA) is 118 Å². The van der Waals surface area contributed by atoms with Gasteiger partial charge in [-0.2, -0.15) is 8.42 Å². The fraction of sp³-hybridized carbons (Fsp3) is 0. The van der Waals surface area contributed by atoms with Gasteiger partial charge in [-0.15, -0.1) is 10.2 Å². The van der Waals surface area contributed by atoms with E-state index in [1.165, 1.54) is 12.3 Å². The van der Waals surface area contributed by atoms with Crippen LogP contribution in [0, 0.1) is 0 Å². The van der Waals surface area contributed by atoms with E-state index in [2.05, 4.69) is 15.2 Å². The normalized spacial score (nSPS) is 11.5. The molecule has 0 bridgehead atoms. The average molecular weight is 463 g/mol. The molecule has 0 aliphatic carbocycles. The summed E-state index contributed by atoms with van der Waals surface area (Å²) in [5.74, 6) is 0. The van der Waals surface area contributed by atoms with Gasteiger partial charge in [0.2, 0.25) is 0 Å². The SMILES string of the molecule is Nc1c(/N=N/c2ccc(-c3cccc(Cl)c3)nc2)cc(S(=O)(=O)O)c2ccccc12.[NaH]. The Bertz CT molecular complexity index is 1390. The van der Waals surface area contributed by atoms with Gasteiger partial charge in [0.25, 0.3) is 10.1 Å². The number of azo groups is 1. The van der Waals surface area contributed by atoms with Crippen LogP contribution < -0.4 is 5.73 Å². The van der Waals surface area contributed by atoms with E-state index in [0.717, 1.165) is 11.3 Å². The molecule has 0 aliphatic heterocycles. The van der Waals surface area contributed by atoms with Crippen molar-refractivity contribution in [3.05, 3.63) is 77.9 Å². The Labute approximate surface area is 206 Å². The van der Waals surface area contributed by atoms with Crippen LogP contribution in [0.25, 0.3) is 22.0 Å². The van der Waals surface area contributed by atoms with E-state index in [9.17, 15) is 13.0 Å². The summed E-state index contributed by atoms with van der Waals surface area (Å²) in [5.41, 5.74) is 8.56. The van der Waals surface area contributed by atoms with Gasteiger partial charge in [0.15, 0.2) is 0 Å². The summed E-state index contributed by atoms with van der Waals surface area (Å²) in [7, 11) is -4.47. The Hall–Kier alpha value is -2.33. The first-order chi connectivity index (χ1) is 14.3. The first kappa shape index (κ1) is 23.3. The second kappa shape index (κ2) is 9.44. The number of anilines is 1. The maximum atomic E-state index is 11.8. The molecule has 7 nitrogen and oxygen atoms in total. The van der Waals surface area contributed by atoms with Crippen molar-refractivity contribution in [1.82, 2.24) is 4.98 Å². The molecule has 0 radical (unpaired) electrons. The number of fused-ring (bicyclic) bond motifs is 1. The number of benzene rings is 3. The van der Waals surface area contributed by atoms with E-state index in [1.54, 1.807) is 48.5 Å². The third-order valence-electron chi connectivity index (χ3n) is 4.45. The summed E-state index contributed by atoms with van der Waals surface area (Å²) in [6, 6.07) is 18.6. The van der Waals surface area contributed by atoms with E-state index >= 15 is 0 Å². The van der Waals surface area contributed by atoms with E-state index in [1.807, 2.05) is 12.1 Å². The fourth-order valence-corrected chi connectivity index (χ4v) is 3.93. The van der Waals surface area contributed by atoms with Gasteiger partial charge in [-0.3, -0.25) is 9.54 Å². The van der Waals surface area contributed by atoms with Crippen molar-refractivity contribution < 1.29 is 13.0 Å². The van der Waals surface area contributed by atoms with Crippen LogP contribution in [0.5, 0.6) is 0 Å². The van der Waals surface area contributed by atoms with Gasteiger partial charge in [-0.1, -0.05) is 48.0 Å². The van der Waals surface area contributed by atoms with Crippen LogP contribution in [-0.4, -0.2) is 47.5 Å². The van der Waals surface area contributed by atoms with Crippen molar-refractivity contribution in [2.75, 3.05) is 5.73 Å². The van der Waals surface area contributed by atoms with Crippen molar-refractivity contribution in [2.45, 2.75) is 4.90 Å². The first-order valence-electron chi connectivity index (χ1n) is 8.75. The van der Waals surface area contributed by atoms with Gasteiger partial charge in [0.1, 0.15) is 16.3 Å². The Balaban J connectivity index is 0.00000272. The molecule has 4 aromatic rings. The van der Waals surface area contributed by atoms with Crippen molar-refractivity contribution >= 4 is 79.1 Å². The Kier molecular flexibility index (Phi) is 7.10. The van der Waals surface area contributed by atoms with Crippen molar-refractivity contribution in [2.24, 2.45) is 10.2 Å². The second-order valence-electron chi connectivity index (χ2n) is 6.44. The zero-order chi connectivity index (χ0) is 21.3. The molecule has 10 heteroatoms. The van der Waals surface area contributed by atoms with Crippen LogP contribution >= 0.6 is 11.6 Å². The molecule has 1 heterocycles. The number of rotatable bonds is 4. The number of nitrogen functional groups attached to an aromatic ring is 1. The molecule has 0 aliphatic rings. The Morgan fingerprint density at radius 1 is 0.935 bits per heavy atom. The van der Waals surface area contributed by atoms with Crippen molar-refractivity contribution in [3.63, 3.8) is 0 Å². The maximum absolute atomic E-state index is 11.8. The molecule has 0 spiro atoms. The molecule has 1 aromatic heterocycles. The zero-order valence-corrected chi connectivity index (χ0v) is 17.0. The number of pyridine rings is 1. The van der Waals surface area contributed by atoms with Crippen LogP contribution in [0.1, 0.15) is 0 Å². The summed E-state index contributed by atoms with van der Waals surface area (Å²) in [6.45, 7) is 0. The van der Waals surface area contributed by atoms with Gasteiger partial charge in [-0.05, 0) is 30.3 Å². The molecule has 0 atom stereocenters. The summed E-state index contributed by atoms with van der Waals surface area (Å²) >= 11 is 6.01. The number of aromatic nitrogens is 1. The molecule has 0 amide bonds. The number of halogens is 1. The number of hydrogen-bond donors (Lipinski definition) is 2. The van der Waals surface area contributed by atoms with E-state index in [4.69, 9.17) is 17.3 Å². The number of hydrogen-bond acceptors (Lipinski definition) is 6. The van der Waals surface area contributed by atoms with E-state index in [0.29, 0.717) is 21.5 Å². The summed E-state index contributed by atoms with van der Waals surface area (Å²) in [6.07, 6.45) is 1.53. The molecule has 0 saturated heterocycles. The summed E-state index contributed by atoms with van der Waals surface area (Å²) < 4.78 is 33.2. The summed E-state index contributed by atoms with van der Waals surface area (Å²) in [4.78, 5) is 4.07. The van der Waals surface area contributed by atoms with Crippen LogP contribution in [0.4, 0.5) is 17.1 Å². The van der Waals surface area contributed by atoms with E-state index in [-0.39, 0.29) is 45.8 Å². The third kappa shape index (κ3) is 5.12. The van der Waals surface area contributed by atoms with Crippen LogP contribution in [0.2, 0.25) is 5.02 Å². The van der Waals surface area contributed by atoms with Crippen LogP contribution in [0.3, 0.4) is 0 Å². The Morgan fingerprint density at radius 3 is 2.32 bits per heavy atom. The predicted octanol–water partition coefficient (Wildman–Crippen LogP) is 5.15. The predicted molar refractivity (Wildman–Crippen MR) is 124 cm³/mol. The molecular weight excluding hydrogens is 447 g/mol. The van der Waals surface area contributed by atoms with Gasteiger partial charge in [0.05, 0.1) is 17.6 Å². The van der Waals surface area contributed by atoms with Gasteiger partial charge in [0, 0.05) is 21.4 Å². The quantitative estimate of drug-likeness (QED) is 0.188. The van der Waals surface area contributed by atoms with Crippen LogP contribution in [-0.2, 0) is 10.1 Å². The Morgan fingerprint density at radius 2 is 1.68 bits per heavy atom. The molecule has 0 saturated carbocycles. The molecule has 31 heavy (non-hydrogen) atoms. The number of nitrogens with zero attached hydrogens (tertiary/aromatic N) is 3. The van der Waals surface area contributed by atoms with Crippen molar-refractivity contribution in [1.29, 1.82) is 0 Å². The average Bonchev–Trinajstić information content (AvgIpc) is 2.73. The first-order valence-corrected chi connectivity index (χ1v) is 10.6. The fourth-order valence-electron chi connectivity index (χ4n) is 3.02. The van der Waals surface area contributed by atoms with Crippen molar-refractivity contribution in [3.8, 4) is 11.3 Å². The second-order valence-corrected chi connectivity index (χ2v) is 8.27. The van der Waals surface area contributed by atoms with Gasteiger partial charge < -0.3 is 5.73 Å². The molecule has 0 fully saturated rings.